The number of benzene rings is 1. The predicted octanol–water partition coefficient (Wildman–Crippen LogP) is 4.81. The lowest BCUT2D eigenvalue weighted by Gasteiger charge is -2.08. The van der Waals surface area contributed by atoms with Gasteiger partial charge in [-0.3, -0.25) is 0 Å². The van der Waals surface area contributed by atoms with E-state index in [1.54, 1.807) is 12.1 Å². The van der Waals surface area contributed by atoms with Crippen LogP contribution in [0.15, 0.2) is 12.1 Å². The van der Waals surface area contributed by atoms with Crippen molar-refractivity contribution in [2.45, 2.75) is 6.42 Å². The monoisotopic (exact) mass is 316 g/mol. The summed E-state index contributed by atoms with van der Waals surface area (Å²) in [6.07, 6.45) is 0.913. The van der Waals surface area contributed by atoms with E-state index in [4.69, 9.17) is 39.5 Å². The van der Waals surface area contributed by atoms with Crippen LogP contribution in [-0.2, 0) is 0 Å². The third kappa shape index (κ3) is 3.50. The minimum Gasteiger partial charge on any atom is -0.492 e. The molecule has 0 amide bonds. The van der Waals surface area contributed by atoms with Gasteiger partial charge in [-0.15, -0.1) is 0 Å². The maximum absolute atomic E-state index is 5.90. The second-order valence-corrected chi connectivity index (χ2v) is 4.60. The lowest BCUT2D eigenvalue weighted by molar-refractivity contribution is 0.319. The molecule has 0 aliphatic rings. The van der Waals surface area contributed by atoms with E-state index in [0.717, 1.165) is 11.8 Å². The zero-order chi connectivity index (χ0) is 10.6. The molecule has 5 heteroatoms. The number of alkyl halides is 1. The van der Waals surface area contributed by atoms with Crippen LogP contribution in [-0.4, -0.2) is 11.9 Å². The molecule has 0 saturated carbocycles. The molecule has 0 N–H and O–H groups in total. The minimum absolute atomic E-state index is 0.435. The van der Waals surface area contributed by atoms with Crippen molar-refractivity contribution < 1.29 is 4.74 Å². The summed E-state index contributed by atoms with van der Waals surface area (Å²) in [5, 5.41) is 2.26. The number of rotatable bonds is 4. The van der Waals surface area contributed by atoms with E-state index in [0.29, 0.717) is 27.4 Å². The summed E-state index contributed by atoms with van der Waals surface area (Å²) in [4.78, 5) is 0. The van der Waals surface area contributed by atoms with Gasteiger partial charge in [0.15, 0.2) is 0 Å². The van der Waals surface area contributed by atoms with E-state index in [-0.39, 0.29) is 0 Å². The molecule has 0 bridgehead atoms. The molecule has 0 atom stereocenters. The molecule has 1 nitrogen and oxygen atoms in total. The van der Waals surface area contributed by atoms with Gasteiger partial charge >= 0.3 is 0 Å². The van der Waals surface area contributed by atoms with Gasteiger partial charge in [-0.25, -0.2) is 0 Å². The van der Waals surface area contributed by atoms with E-state index in [1.807, 2.05) is 0 Å². The average Bonchev–Trinajstić information content (AvgIpc) is 2.14. The Morgan fingerprint density at radius 1 is 1.07 bits per heavy atom. The first-order chi connectivity index (χ1) is 6.65. The second-order valence-electron chi connectivity index (χ2n) is 2.59. The molecule has 1 aromatic rings. The molecule has 0 unspecified atom stereocenters. The molecule has 0 aliphatic heterocycles. The molecule has 0 aromatic heterocycles. The Morgan fingerprint density at radius 3 is 2.36 bits per heavy atom. The van der Waals surface area contributed by atoms with Crippen LogP contribution in [0.25, 0.3) is 0 Å². The Bertz CT molecular complexity index is 317. The van der Waals surface area contributed by atoms with Crippen LogP contribution >= 0.6 is 50.7 Å². The quantitative estimate of drug-likeness (QED) is 0.440. The Labute approximate surface area is 106 Å². The van der Waals surface area contributed by atoms with Crippen molar-refractivity contribution in [2.75, 3.05) is 11.9 Å². The van der Waals surface area contributed by atoms with Crippen molar-refractivity contribution >= 4 is 50.7 Å². The SMILES string of the molecule is Clc1cc(Cl)c(OCCCBr)cc1Cl. The Kier molecular flexibility index (Phi) is 5.39. The van der Waals surface area contributed by atoms with Crippen molar-refractivity contribution in [3.8, 4) is 5.75 Å². The largest absolute Gasteiger partial charge is 0.492 e. The second kappa shape index (κ2) is 6.06. The summed E-state index contributed by atoms with van der Waals surface area (Å²) >= 11 is 20.8. The lowest BCUT2D eigenvalue weighted by Crippen LogP contribution is -1.98. The van der Waals surface area contributed by atoms with Crippen LogP contribution in [0.2, 0.25) is 15.1 Å². The van der Waals surface area contributed by atoms with E-state index < -0.39 is 0 Å². The molecule has 78 valence electrons. The summed E-state index contributed by atoms with van der Waals surface area (Å²) in [6.45, 7) is 0.600. The Balaban J connectivity index is 2.72. The summed E-state index contributed by atoms with van der Waals surface area (Å²) in [5.41, 5.74) is 0. The Hall–Kier alpha value is 0.370. The first kappa shape index (κ1) is 12.4. The predicted molar refractivity (Wildman–Crippen MR) is 65.4 cm³/mol. The summed E-state index contributed by atoms with van der Waals surface area (Å²) < 4.78 is 5.41. The molecule has 0 fully saturated rings. The van der Waals surface area contributed by atoms with Crippen LogP contribution in [0, 0.1) is 0 Å². The highest BCUT2D eigenvalue weighted by Crippen LogP contribution is 2.33. The maximum atomic E-state index is 5.90. The molecule has 0 aliphatic carbocycles. The summed E-state index contributed by atoms with van der Waals surface area (Å²) in [5.74, 6) is 0.571. The normalized spacial score (nSPS) is 10.3. The number of hydrogen-bond donors (Lipinski definition) is 0. The van der Waals surface area contributed by atoms with Gasteiger partial charge in [-0.05, 0) is 12.5 Å². The van der Waals surface area contributed by atoms with Gasteiger partial charge in [0.1, 0.15) is 5.75 Å². The number of hydrogen-bond acceptors (Lipinski definition) is 1. The van der Waals surface area contributed by atoms with Crippen molar-refractivity contribution in [1.82, 2.24) is 0 Å². The fourth-order valence-corrected chi connectivity index (χ4v) is 1.67. The molecule has 0 spiro atoms. The molecule has 0 radical (unpaired) electrons. The highest BCUT2D eigenvalue weighted by atomic mass is 79.9. The Morgan fingerprint density at radius 2 is 1.71 bits per heavy atom. The van der Waals surface area contributed by atoms with Gasteiger partial charge in [-0.1, -0.05) is 50.7 Å². The van der Waals surface area contributed by atoms with Gasteiger partial charge in [0.05, 0.1) is 21.7 Å². The topological polar surface area (TPSA) is 9.23 Å². The molecule has 14 heavy (non-hydrogen) atoms. The van der Waals surface area contributed by atoms with Gasteiger partial charge in [0.25, 0.3) is 0 Å². The third-order valence-electron chi connectivity index (χ3n) is 1.51. The zero-order valence-corrected chi connectivity index (χ0v) is 11.0. The summed E-state index contributed by atoms with van der Waals surface area (Å²) in [7, 11) is 0. The van der Waals surface area contributed by atoms with Crippen molar-refractivity contribution in [1.29, 1.82) is 0 Å². The number of halogens is 4. The van der Waals surface area contributed by atoms with Crippen molar-refractivity contribution in [3.63, 3.8) is 0 Å². The van der Waals surface area contributed by atoms with Gasteiger partial charge in [0.2, 0.25) is 0 Å². The molecule has 1 rings (SSSR count). The molecule has 0 saturated heterocycles. The summed E-state index contributed by atoms with van der Waals surface area (Å²) in [6, 6.07) is 3.20. The van der Waals surface area contributed by atoms with Crippen molar-refractivity contribution in [3.05, 3.63) is 27.2 Å². The third-order valence-corrected chi connectivity index (χ3v) is 3.09. The van der Waals surface area contributed by atoms with E-state index in [1.165, 1.54) is 0 Å². The molecule has 1 aromatic carbocycles. The molecule has 0 heterocycles. The van der Waals surface area contributed by atoms with Crippen LogP contribution in [0.4, 0.5) is 0 Å². The highest BCUT2D eigenvalue weighted by Gasteiger charge is 2.06. The fourth-order valence-electron chi connectivity index (χ4n) is 0.852. The van der Waals surface area contributed by atoms with Crippen LogP contribution in [0.3, 0.4) is 0 Å². The lowest BCUT2D eigenvalue weighted by atomic mass is 10.3. The minimum atomic E-state index is 0.435. The van der Waals surface area contributed by atoms with Gasteiger partial charge in [-0.2, -0.15) is 0 Å². The van der Waals surface area contributed by atoms with E-state index in [9.17, 15) is 0 Å². The standard InChI is InChI=1S/C9H8BrCl3O/c10-2-1-3-14-9-5-7(12)6(11)4-8(9)13/h4-5H,1-3H2. The first-order valence-electron chi connectivity index (χ1n) is 3.98. The maximum Gasteiger partial charge on any atom is 0.139 e. The van der Waals surface area contributed by atoms with Crippen molar-refractivity contribution in [2.24, 2.45) is 0 Å². The van der Waals surface area contributed by atoms with E-state index in [2.05, 4.69) is 15.9 Å². The average molecular weight is 318 g/mol. The number of ether oxygens (including phenoxy) is 1. The first-order valence-corrected chi connectivity index (χ1v) is 6.24. The molecular weight excluding hydrogens is 310 g/mol. The smallest absolute Gasteiger partial charge is 0.139 e. The van der Waals surface area contributed by atoms with Crippen LogP contribution in [0.5, 0.6) is 5.75 Å². The zero-order valence-electron chi connectivity index (χ0n) is 7.20. The highest BCUT2D eigenvalue weighted by molar-refractivity contribution is 9.09. The van der Waals surface area contributed by atoms with Crippen LogP contribution < -0.4 is 4.74 Å². The molecular formula is C9H8BrCl3O. The van der Waals surface area contributed by atoms with Gasteiger partial charge < -0.3 is 4.74 Å². The fraction of sp³-hybridized carbons (Fsp3) is 0.333. The van der Waals surface area contributed by atoms with Gasteiger partial charge in [0, 0.05) is 11.4 Å². The van der Waals surface area contributed by atoms with Crippen LogP contribution in [0.1, 0.15) is 6.42 Å². The van der Waals surface area contributed by atoms with E-state index >= 15 is 0 Å².